The predicted octanol–water partition coefficient (Wildman–Crippen LogP) is 2.93. The number of rotatable bonds is 4. The van der Waals surface area contributed by atoms with Crippen molar-refractivity contribution in [2.45, 2.75) is 6.54 Å². The maximum atomic E-state index is 13.1. The van der Waals surface area contributed by atoms with E-state index in [1.54, 1.807) is 54.6 Å². The van der Waals surface area contributed by atoms with E-state index < -0.39 is 23.0 Å². The van der Waals surface area contributed by atoms with Crippen LogP contribution in [0.15, 0.2) is 88.5 Å². The number of para-hydroxylation sites is 2. The number of nitrogens with one attached hydrogen (secondary N) is 1. The van der Waals surface area contributed by atoms with Gasteiger partial charge in [-0.3, -0.25) is 14.2 Å². The fourth-order valence-electron chi connectivity index (χ4n) is 3.16. The van der Waals surface area contributed by atoms with E-state index in [0.717, 1.165) is 4.57 Å². The molecular weight excluding hydrogens is 373 g/mol. The molecule has 0 saturated carbocycles. The first kappa shape index (κ1) is 18.4. The van der Waals surface area contributed by atoms with E-state index in [1.165, 1.54) is 28.8 Å². The molecule has 4 aromatic rings. The number of fused-ring (bicyclic) bond motifs is 1. The average Bonchev–Trinajstić information content (AvgIpc) is 2.74. The number of carbonyl (C=O) groups is 1. The van der Waals surface area contributed by atoms with Gasteiger partial charge >= 0.3 is 5.69 Å². The minimum atomic E-state index is -0.617. The minimum Gasteiger partial charge on any atom is -0.325 e. The normalized spacial score (nSPS) is 10.8. The second-order valence-corrected chi connectivity index (χ2v) is 6.42. The van der Waals surface area contributed by atoms with Gasteiger partial charge in [0, 0.05) is 5.69 Å². The number of benzene rings is 3. The Labute approximate surface area is 164 Å². The summed E-state index contributed by atoms with van der Waals surface area (Å²) in [5.74, 6) is -0.887. The van der Waals surface area contributed by atoms with Crippen LogP contribution in [0.5, 0.6) is 0 Å². The SMILES string of the molecule is O=C(Cn1c(=O)n(-c2ccccc2)c(=O)c2ccccc21)Nc1ccc(F)cc1. The van der Waals surface area contributed by atoms with E-state index in [0.29, 0.717) is 22.3 Å². The van der Waals surface area contributed by atoms with Crippen molar-refractivity contribution in [3.8, 4) is 5.69 Å². The quantitative estimate of drug-likeness (QED) is 0.583. The van der Waals surface area contributed by atoms with Crippen LogP contribution in [-0.4, -0.2) is 15.0 Å². The number of nitrogens with zero attached hydrogens (tertiary/aromatic N) is 2. The molecule has 0 aliphatic heterocycles. The van der Waals surface area contributed by atoms with Crippen molar-refractivity contribution in [1.29, 1.82) is 0 Å². The lowest BCUT2D eigenvalue weighted by atomic mass is 10.2. The Morgan fingerprint density at radius 2 is 1.52 bits per heavy atom. The third kappa shape index (κ3) is 3.58. The van der Waals surface area contributed by atoms with Gasteiger partial charge in [-0.15, -0.1) is 0 Å². The van der Waals surface area contributed by atoms with Gasteiger partial charge in [-0.25, -0.2) is 13.8 Å². The van der Waals surface area contributed by atoms with Crippen molar-refractivity contribution in [2.75, 3.05) is 5.32 Å². The van der Waals surface area contributed by atoms with Crippen LogP contribution >= 0.6 is 0 Å². The summed E-state index contributed by atoms with van der Waals surface area (Å²) in [7, 11) is 0. The van der Waals surface area contributed by atoms with E-state index in [2.05, 4.69) is 5.32 Å². The minimum absolute atomic E-state index is 0.302. The van der Waals surface area contributed by atoms with Crippen molar-refractivity contribution in [3.63, 3.8) is 0 Å². The highest BCUT2D eigenvalue weighted by Gasteiger charge is 2.16. The summed E-state index contributed by atoms with van der Waals surface area (Å²) in [6, 6.07) is 20.5. The summed E-state index contributed by atoms with van der Waals surface area (Å²) in [4.78, 5) is 38.6. The summed E-state index contributed by atoms with van der Waals surface area (Å²) >= 11 is 0. The van der Waals surface area contributed by atoms with Gasteiger partial charge < -0.3 is 5.32 Å². The van der Waals surface area contributed by atoms with Crippen molar-refractivity contribution in [1.82, 2.24) is 9.13 Å². The lowest BCUT2D eigenvalue weighted by Gasteiger charge is -2.14. The largest absolute Gasteiger partial charge is 0.336 e. The maximum Gasteiger partial charge on any atom is 0.336 e. The Balaban J connectivity index is 1.81. The molecule has 0 spiro atoms. The van der Waals surface area contributed by atoms with Gasteiger partial charge in [-0.1, -0.05) is 30.3 Å². The van der Waals surface area contributed by atoms with Crippen molar-refractivity contribution < 1.29 is 9.18 Å². The van der Waals surface area contributed by atoms with E-state index in [4.69, 9.17) is 0 Å². The second kappa shape index (κ2) is 7.55. The summed E-state index contributed by atoms with van der Waals surface area (Å²) in [5.41, 5.74) is 0.121. The van der Waals surface area contributed by atoms with Gasteiger partial charge in [0.1, 0.15) is 12.4 Å². The molecule has 0 radical (unpaired) electrons. The van der Waals surface area contributed by atoms with Crippen molar-refractivity contribution >= 4 is 22.5 Å². The van der Waals surface area contributed by atoms with Gasteiger partial charge in [0.05, 0.1) is 16.6 Å². The van der Waals surface area contributed by atoms with Crippen LogP contribution in [0.25, 0.3) is 16.6 Å². The first-order valence-electron chi connectivity index (χ1n) is 8.90. The monoisotopic (exact) mass is 389 g/mol. The molecule has 1 N–H and O–H groups in total. The maximum absolute atomic E-state index is 13.1. The van der Waals surface area contributed by atoms with Gasteiger partial charge in [-0.05, 0) is 48.5 Å². The zero-order chi connectivity index (χ0) is 20.4. The number of hydrogen-bond donors (Lipinski definition) is 1. The lowest BCUT2D eigenvalue weighted by molar-refractivity contribution is -0.116. The van der Waals surface area contributed by atoms with E-state index in [-0.39, 0.29) is 6.54 Å². The van der Waals surface area contributed by atoms with Crippen LogP contribution in [0.2, 0.25) is 0 Å². The Morgan fingerprint density at radius 3 is 2.24 bits per heavy atom. The van der Waals surface area contributed by atoms with Crippen LogP contribution in [0.1, 0.15) is 0 Å². The van der Waals surface area contributed by atoms with Gasteiger partial charge in [0.15, 0.2) is 0 Å². The van der Waals surface area contributed by atoms with E-state index >= 15 is 0 Å². The average molecular weight is 389 g/mol. The molecule has 0 atom stereocenters. The molecule has 144 valence electrons. The molecule has 6 nitrogen and oxygen atoms in total. The summed E-state index contributed by atoms with van der Waals surface area (Å²) < 4.78 is 15.4. The zero-order valence-corrected chi connectivity index (χ0v) is 15.2. The lowest BCUT2D eigenvalue weighted by Crippen LogP contribution is -2.40. The number of hydrogen-bond acceptors (Lipinski definition) is 3. The highest BCUT2D eigenvalue weighted by atomic mass is 19.1. The van der Waals surface area contributed by atoms with Gasteiger partial charge in [0.2, 0.25) is 5.91 Å². The molecule has 0 aliphatic rings. The predicted molar refractivity (Wildman–Crippen MR) is 109 cm³/mol. The molecule has 1 amide bonds. The van der Waals surface area contributed by atoms with Crippen LogP contribution in [0.4, 0.5) is 10.1 Å². The van der Waals surface area contributed by atoms with E-state index in [1.807, 2.05) is 0 Å². The Morgan fingerprint density at radius 1 is 0.862 bits per heavy atom. The molecule has 0 saturated heterocycles. The van der Waals surface area contributed by atoms with Crippen LogP contribution in [0.3, 0.4) is 0 Å². The summed E-state index contributed by atoms with van der Waals surface area (Å²) in [5, 5.41) is 2.96. The first-order valence-corrected chi connectivity index (χ1v) is 8.90. The molecule has 29 heavy (non-hydrogen) atoms. The number of amides is 1. The highest BCUT2D eigenvalue weighted by Crippen LogP contribution is 2.12. The number of aromatic nitrogens is 2. The molecule has 0 fully saturated rings. The Kier molecular flexibility index (Phi) is 4.78. The Hall–Kier alpha value is -4.00. The number of anilines is 1. The van der Waals surface area contributed by atoms with E-state index in [9.17, 15) is 18.8 Å². The topological polar surface area (TPSA) is 73.1 Å². The fourth-order valence-corrected chi connectivity index (χ4v) is 3.16. The number of halogens is 1. The fraction of sp³-hybridized carbons (Fsp3) is 0.0455. The molecular formula is C22H16FN3O3. The summed E-state index contributed by atoms with van der Waals surface area (Å²) in [6.45, 7) is -0.302. The van der Waals surface area contributed by atoms with Crippen LogP contribution in [-0.2, 0) is 11.3 Å². The molecule has 1 heterocycles. The van der Waals surface area contributed by atoms with Gasteiger partial charge in [0.25, 0.3) is 5.56 Å². The van der Waals surface area contributed by atoms with Gasteiger partial charge in [-0.2, -0.15) is 0 Å². The van der Waals surface area contributed by atoms with Crippen LogP contribution < -0.4 is 16.6 Å². The molecule has 3 aromatic carbocycles. The molecule has 1 aromatic heterocycles. The third-order valence-corrected chi connectivity index (χ3v) is 4.49. The van der Waals surface area contributed by atoms with Crippen LogP contribution in [0, 0.1) is 5.82 Å². The summed E-state index contributed by atoms with van der Waals surface area (Å²) in [6.07, 6.45) is 0. The second-order valence-electron chi connectivity index (χ2n) is 6.42. The standard InChI is InChI=1S/C22H16FN3O3/c23-15-10-12-16(13-11-15)24-20(27)14-25-19-9-5-4-8-18(19)21(28)26(22(25)29)17-6-2-1-3-7-17/h1-13H,14H2,(H,24,27). The third-order valence-electron chi connectivity index (χ3n) is 4.49. The molecule has 0 bridgehead atoms. The first-order chi connectivity index (χ1) is 14.0. The molecule has 7 heteroatoms. The van der Waals surface area contributed by atoms with Crippen molar-refractivity contribution in [2.24, 2.45) is 0 Å². The molecule has 4 rings (SSSR count). The van der Waals surface area contributed by atoms with Crippen molar-refractivity contribution in [3.05, 3.63) is 106 Å². The number of carbonyl (C=O) groups excluding carboxylic acids is 1. The highest BCUT2D eigenvalue weighted by molar-refractivity contribution is 5.91. The molecule has 0 aliphatic carbocycles. The smallest absolute Gasteiger partial charge is 0.325 e. The zero-order valence-electron chi connectivity index (χ0n) is 15.2. The molecule has 0 unspecified atom stereocenters. The Bertz CT molecular complexity index is 1310.